The number of Topliss-reactive ketones (excluding diaryl/α,β-unsaturated/α-hetero) is 1. The molecule has 2 aromatic rings. The summed E-state index contributed by atoms with van der Waals surface area (Å²) < 4.78 is 16.4. The van der Waals surface area contributed by atoms with Gasteiger partial charge in [-0.1, -0.05) is 31.4 Å². The third-order valence-corrected chi connectivity index (χ3v) is 10.3. The molecule has 12 heteroatoms. The molecule has 3 atom stereocenters. The average Bonchev–Trinajstić information content (AvgIpc) is 3.78. The Labute approximate surface area is 256 Å². The number of nitrogens with zero attached hydrogens (tertiary/aromatic N) is 4. The Morgan fingerprint density at radius 2 is 1.84 bits per heavy atom. The molecule has 4 aliphatic rings. The molecule has 1 N–H and O–H groups in total. The van der Waals surface area contributed by atoms with Crippen molar-refractivity contribution >= 4 is 34.1 Å². The lowest BCUT2D eigenvalue weighted by Crippen LogP contribution is -2.62. The first kappa shape index (κ1) is 30.1. The number of carbonyl (C=O) groups excluding carboxylic acids is 3. The summed E-state index contributed by atoms with van der Waals surface area (Å²) in [7, 11) is 3.30. The van der Waals surface area contributed by atoms with Crippen LogP contribution in [0.1, 0.15) is 42.5 Å². The quantitative estimate of drug-likeness (QED) is 0.456. The molecular weight excluding hydrogens is 570 g/mol. The lowest BCUT2D eigenvalue weighted by molar-refractivity contribution is -0.143. The molecule has 43 heavy (non-hydrogen) atoms. The molecule has 232 valence electrons. The smallest absolute Gasteiger partial charge is 0.252 e. The minimum absolute atomic E-state index is 0.0172. The molecule has 1 aromatic heterocycles. The number of anilines is 1. The van der Waals surface area contributed by atoms with Gasteiger partial charge in [0.05, 0.1) is 18.8 Å². The maximum atomic E-state index is 14.1. The van der Waals surface area contributed by atoms with E-state index in [9.17, 15) is 14.4 Å². The highest BCUT2D eigenvalue weighted by molar-refractivity contribution is 7.14. The van der Waals surface area contributed by atoms with Gasteiger partial charge in [-0.15, -0.1) is 11.3 Å². The highest BCUT2D eigenvalue weighted by Crippen LogP contribution is 2.36. The summed E-state index contributed by atoms with van der Waals surface area (Å²) in [5, 5.41) is 6.18. The molecule has 0 spiro atoms. The van der Waals surface area contributed by atoms with E-state index in [0.717, 1.165) is 75.0 Å². The van der Waals surface area contributed by atoms with Gasteiger partial charge in [-0.2, -0.15) is 0 Å². The number of thiazole rings is 1. The molecule has 6 rings (SSSR count). The first-order chi connectivity index (χ1) is 20.9. The zero-order valence-corrected chi connectivity index (χ0v) is 25.8. The van der Waals surface area contributed by atoms with E-state index < -0.39 is 17.7 Å². The van der Waals surface area contributed by atoms with E-state index in [1.807, 2.05) is 12.1 Å². The van der Waals surface area contributed by atoms with Crippen LogP contribution in [0, 0.1) is 0 Å². The largest absolute Gasteiger partial charge is 0.383 e. The fourth-order valence-corrected chi connectivity index (χ4v) is 7.75. The third kappa shape index (κ3) is 6.08. The Balaban J connectivity index is 1.12. The first-order valence-electron chi connectivity index (χ1n) is 15.3. The molecule has 0 radical (unpaired) electrons. The van der Waals surface area contributed by atoms with Gasteiger partial charge in [-0.25, -0.2) is 4.98 Å². The third-order valence-electron chi connectivity index (χ3n) is 9.36. The van der Waals surface area contributed by atoms with Crippen LogP contribution >= 0.6 is 11.3 Å². The van der Waals surface area contributed by atoms with Crippen molar-refractivity contribution in [3.05, 3.63) is 35.2 Å². The number of hydrogen-bond acceptors (Lipinski definition) is 10. The van der Waals surface area contributed by atoms with E-state index in [1.54, 1.807) is 42.6 Å². The monoisotopic (exact) mass is 611 g/mol. The maximum Gasteiger partial charge on any atom is 0.252 e. The maximum absolute atomic E-state index is 14.1. The van der Waals surface area contributed by atoms with Crippen molar-refractivity contribution in [2.24, 2.45) is 0 Å². The Morgan fingerprint density at radius 3 is 2.53 bits per heavy atom. The highest BCUT2D eigenvalue weighted by Gasteiger charge is 2.56. The van der Waals surface area contributed by atoms with Crippen molar-refractivity contribution in [2.75, 3.05) is 71.6 Å². The van der Waals surface area contributed by atoms with Gasteiger partial charge >= 0.3 is 0 Å². The van der Waals surface area contributed by atoms with Crippen molar-refractivity contribution < 1.29 is 28.6 Å². The number of carbonyl (C=O) groups is 3. The number of rotatable bonds is 9. The molecular formula is C31H41N5O6S. The zero-order chi connectivity index (χ0) is 30.0. The van der Waals surface area contributed by atoms with E-state index in [-0.39, 0.29) is 36.9 Å². The van der Waals surface area contributed by atoms with Gasteiger partial charge in [0.25, 0.3) is 5.91 Å². The second-order valence-corrected chi connectivity index (χ2v) is 12.8. The summed E-state index contributed by atoms with van der Waals surface area (Å²) in [4.78, 5) is 51.6. The van der Waals surface area contributed by atoms with Gasteiger partial charge in [0, 0.05) is 63.5 Å². The summed E-state index contributed by atoms with van der Waals surface area (Å²) in [5.41, 5.74) is 1.25. The van der Waals surface area contributed by atoms with Crippen LogP contribution in [0.2, 0.25) is 0 Å². The van der Waals surface area contributed by atoms with E-state index in [1.165, 1.54) is 0 Å². The van der Waals surface area contributed by atoms with Gasteiger partial charge in [-0.05, 0) is 25.0 Å². The summed E-state index contributed by atoms with van der Waals surface area (Å²) >= 11 is 1.64. The van der Waals surface area contributed by atoms with Crippen LogP contribution in [-0.4, -0.2) is 123 Å². The van der Waals surface area contributed by atoms with Crippen LogP contribution in [0.3, 0.4) is 0 Å². The number of ketones is 1. The van der Waals surface area contributed by atoms with Gasteiger partial charge in [-0.3, -0.25) is 19.3 Å². The minimum atomic E-state index is -1.05. The fraction of sp³-hybridized carbons (Fsp3) is 0.613. The van der Waals surface area contributed by atoms with Gasteiger partial charge in [0.2, 0.25) is 5.91 Å². The molecule has 1 aliphatic carbocycles. The van der Waals surface area contributed by atoms with E-state index >= 15 is 0 Å². The predicted molar refractivity (Wildman–Crippen MR) is 162 cm³/mol. The van der Waals surface area contributed by atoms with Crippen LogP contribution in [0.4, 0.5) is 5.13 Å². The molecule has 0 unspecified atom stereocenters. The molecule has 4 fully saturated rings. The van der Waals surface area contributed by atoms with Crippen LogP contribution in [0.15, 0.2) is 29.6 Å². The first-order valence-corrected chi connectivity index (χ1v) is 16.1. The van der Waals surface area contributed by atoms with Gasteiger partial charge in [0.1, 0.15) is 30.4 Å². The Morgan fingerprint density at radius 1 is 1.09 bits per heavy atom. The number of likely N-dealkylation sites (tertiary alicyclic amines) is 1. The normalized spacial score (nSPS) is 25.6. The topological polar surface area (TPSA) is 114 Å². The molecule has 2 amide bonds. The number of aromatic nitrogens is 1. The number of ether oxygens (including phenoxy) is 3. The lowest BCUT2D eigenvalue weighted by atomic mass is 9.80. The molecule has 0 bridgehead atoms. The van der Waals surface area contributed by atoms with Crippen LogP contribution in [0.5, 0.6) is 0 Å². The second-order valence-electron chi connectivity index (χ2n) is 11.9. The number of benzene rings is 1. The van der Waals surface area contributed by atoms with E-state index in [2.05, 4.69) is 20.5 Å². The molecule has 1 aromatic carbocycles. The number of piperazine rings is 1. The number of nitrogens with one attached hydrogen (secondary N) is 1. The SMILES string of the molecule is COCCN1CCN(c2nc(-c3ccc(C(=O)NC4(C(=O)N5C[C@H](OC)[C@@H]6OCC(=O)[C@H]65)CCCCC4)cc3)cs2)CC1. The van der Waals surface area contributed by atoms with Crippen molar-refractivity contribution in [3.63, 3.8) is 0 Å². The number of amides is 2. The molecule has 1 saturated carbocycles. The van der Waals surface area contributed by atoms with Crippen molar-refractivity contribution in [1.82, 2.24) is 20.1 Å². The predicted octanol–water partition coefficient (Wildman–Crippen LogP) is 2.20. The molecule has 11 nitrogen and oxygen atoms in total. The summed E-state index contributed by atoms with van der Waals surface area (Å²) in [6.45, 7) is 5.80. The minimum Gasteiger partial charge on any atom is -0.383 e. The zero-order valence-electron chi connectivity index (χ0n) is 25.0. The van der Waals surface area contributed by atoms with Gasteiger partial charge < -0.3 is 29.3 Å². The standard InChI is InChI=1S/C31H41N5O6S/c1-40-17-16-34-12-14-35(15-13-34)30-32-23(20-43-30)21-6-8-22(9-7-21)28(38)33-31(10-4-3-5-11-31)29(39)36-18-25(41-2)27-26(36)24(37)19-42-27/h6-9,20,25-27H,3-5,10-19H2,1-2H3,(H,33,38)/t25-,26+,27-/m0/s1. The Hall–Kier alpha value is -2.90. The number of methoxy groups -OCH3 is 2. The van der Waals surface area contributed by atoms with Crippen molar-refractivity contribution in [1.29, 1.82) is 0 Å². The van der Waals surface area contributed by atoms with Crippen LogP contribution in [-0.2, 0) is 23.8 Å². The molecule has 3 saturated heterocycles. The average molecular weight is 612 g/mol. The Kier molecular flexibility index (Phi) is 9.11. The van der Waals surface area contributed by atoms with Crippen molar-refractivity contribution in [2.45, 2.75) is 55.9 Å². The second kappa shape index (κ2) is 13.0. The summed E-state index contributed by atoms with van der Waals surface area (Å²) in [6, 6.07) is 6.75. The number of fused-ring (bicyclic) bond motifs is 1. The lowest BCUT2D eigenvalue weighted by Gasteiger charge is -2.40. The molecule has 3 aliphatic heterocycles. The number of hydrogen-bond donors (Lipinski definition) is 1. The highest BCUT2D eigenvalue weighted by atomic mass is 32.1. The fourth-order valence-electron chi connectivity index (χ4n) is 6.86. The van der Waals surface area contributed by atoms with Crippen LogP contribution in [0.25, 0.3) is 11.3 Å². The Bertz CT molecular complexity index is 1300. The van der Waals surface area contributed by atoms with Gasteiger partial charge in [0.15, 0.2) is 10.9 Å². The van der Waals surface area contributed by atoms with Crippen LogP contribution < -0.4 is 10.2 Å². The van der Waals surface area contributed by atoms with E-state index in [0.29, 0.717) is 18.4 Å². The summed E-state index contributed by atoms with van der Waals surface area (Å²) in [5.74, 6) is -0.611. The van der Waals surface area contributed by atoms with Crippen molar-refractivity contribution in [3.8, 4) is 11.3 Å². The summed E-state index contributed by atoms with van der Waals surface area (Å²) in [6.07, 6.45) is 2.94. The van der Waals surface area contributed by atoms with E-state index in [4.69, 9.17) is 19.2 Å². The molecule has 4 heterocycles.